The predicted octanol–water partition coefficient (Wildman–Crippen LogP) is 5.90. The van der Waals surface area contributed by atoms with E-state index in [2.05, 4.69) is 4.98 Å². The third-order valence-electron chi connectivity index (χ3n) is 5.45. The van der Waals surface area contributed by atoms with E-state index in [1.807, 2.05) is 23.1 Å². The van der Waals surface area contributed by atoms with Crippen LogP contribution in [0.2, 0.25) is 10.0 Å². The van der Waals surface area contributed by atoms with Crippen LogP contribution in [0.15, 0.2) is 36.4 Å². The van der Waals surface area contributed by atoms with Crippen LogP contribution in [0.1, 0.15) is 24.5 Å². The first-order chi connectivity index (χ1) is 13.2. The van der Waals surface area contributed by atoms with Gasteiger partial charge in [-0.3, -0.25) is 0 Å². The first-order valence-electron chi connectivity index (χ1n) is 8.82. The van der Waals surface area contributed by atoms with Crippen LogP contribution in [0, 0.1) is 0 Å². The largest absolute Gasteiger partial charge is 0.392 e. The number of hydrogen-bond acceptors (Lipinski definition) is 4. The number of benzene rings is 2. The summed E-state index contributed by atoms with van der Waals surface area (Å²) in [5, 5.41) is 10.9. The SMILES string of the molecule is CC(F)(F)C1(c2cc(Cl)cc(Cl)c2)CCN(c2nc3cccc(CO)c3s2)C1. The Kier molecular flexibility index (Phi) is 5.02. The van der Waals surface area contributed by atoms with Crippen LogP contribution in [0.4, 0.5) is 13.9 Å². The summed E-state index contributed by atoms with van der Waals surface area (Å²) in [7, 11) is 0. The van der Waals surface area contributed by atoms with Crippen LogP contribution in [-0.4, -0.2) is 29.1 Å². The van der Waals surface area contributed by atoms with Crippen LogP contribution in [0.3, 0.4) is 0 Å². The Morgan fingerprint density at radius 2 is 1.96 bits per heavy atom. The van der Waals surface area contributed by atoms with Gasteiger partial charge in [-0.15, -0.1) is 0 Å². The number of aliphatic hydroxyl groups is 1. The maximum Gasteiger partial charge on any atom is 0.256 e. The number of hydrogen-bond donors (Lipinski definition) is 1. The Hall–Kier alpha value is -1.47. The molecule has 0 spiro atoms. The number of rotatable bonds is 4. The summed E-state index contributed by atoms with van der Waals surface area (Å²) in [5.41, 5.74) is 0.587. The average Bonchev–Trinajstić information content (AvgIpc) is 3.25. The molecular formula is C20H18Cl2F2N2OS. The molecule has 2 aromatic carbocycles. The van der Waals surface area contributed by atoms with E-state index < -0.39 is 11.3 Å². The molecule has 1 atom stereocenters. The maximum atomic E-state index is 14.9. The van der Waals surface area contributed by atoms with E-state index >= 15 is 0 Å². The Balaban J connectivity index is 1.75. The number of aliphatic hydroxyl groups excluding tert-OH is 1. The number of halogens is 4. The smallest absolute Gasteiger partial charge is 0.256 e. The summed E-state index contributed by atoms with van der Waals surface area (Å²) < 4.78 is 30.6. The number of fused-ring (bicyclic) bond motifs is 1. The molecule has 1 saturated heterocycles. The van der Waals surface area contributed by atoms with E-state index in [1.165, 1.54) is 11.3 Å². The van der Waals surface area contributed by atoms with E-state index in [4.69, 9.17) is 23.2 Å². The fourth-order valence-electron chi connectivity index (χ4n) is 3.90. The molecule has 1 aromatic heterocycles. The lowest BCUT2D eigenvalue weighted by atomic mass is 9.74. The van der Waals surface area contributed by atoms with Crippen LogP contribution in [-0.2, 0) is 12.0 Å². The highest BCUT2D eigenvalue weighted by molar-refractivity contribution is 7.22. The van der Waals surface area contributed by atoms with Gasteiger partial charge in [-0.1, -0.05) is 46.7 Å². The Labute approximate surface area is 175 Å². The van der Waals surface area contributed by atoms with Gasteiger partial charge in [0.2, 0.25) is 0 Å². The van der Waals surface area contributed by atoms with Crippen molar-refractivity contribution in [1.82, 2.24) is 4.98 Å². The minimum absolute atomic E-state index is 0.0864. The van der Waals surface area contributed by atoms with Crippen molar-refractivity contribution in [1.29, 1.82) is 0 Å². The van der Waals surface area contributed by atoms with Crippen LogP contribution in [0.25, 0.3) is 10.2 Å². The fraction of sp³-hybridized carbons (Fsp3) is 0.350. The second-order valence-electron chi connectivity index (χ2n) is 7.22. The summed E-state index contributed by atoms with van der Waals surface area (Å²) in [6.45, 7) is 1.42. The molecule has 28 heavy (non-hydrogen) atoms. The molecule has 1 fully saturated rings. The average molecular weight is 443 g/mol. The van der Waals surface area contributed by atoms with Crippen molar-refractivity contribution < 1.29 is 13.9 Å². The number of nitrogens with zero attached hydrogens (tertiary/aromatic N) is 2. The molecule has 0 amide bonds. The molecule has 0 bridgehead atoms. The van der Waals surface area contributed by atoms with Crippen molar-refractivity contribution in [3.63, 3.8) is 0 Å². The molecule has 1 aliphatic heterocycles. The zero-order valence-corrected chi connectivity index (χ0v) is 17.4. The molecule has 1 aliphatic rings. The molecule has 8 heteroatoms. The molecule has 2 heterocycles. The quantitative estimate of drug-likeness (QED) is 0.546. The van der Waals surface area contributed by atoms with Gasteiger partial charge in [0.15, 0.2) is 5.13 Å². The topological polar surface area (TPSA) is 36.4 Å². The van der Waals surface area contributed by atoms with Crippen molar-refractivity contribution in [2.24, 2.45) is 0 Å². The number of thiazole rings is 1. The van der Waals surface area contributed by atoms with Crippen molar-refractivity contribution in [2.45, 2.75) is 31.3 Å². The summed E-state index contributed by atoms with van der Waals surface area (Å²) in [5.74, 6) is -2.97. The molecule has 0 saturated carbocycles. The molecule has 1 N–H and O–H groups in total. The van der Waals surface area contributed by atoms with Crippen molar-refractivity contribution >= 4 is 49.9 Å². The highest BCUT2D eigenvalue weighted by atomic mass is 35.5. The Morgan fingerprint density at radius 1 is 1.25 bits per heavy atom. The fourth-order valence-corrected chi connectivity index (χ4v) is 5.52. The minimum atomic E-state index is -2.97. The molecule has 0 radical (unpaired) electrons. The zero-order valence-electron chi connectivity index (χ0n) is 15.1. The van der Waals surface area contributed by atoms with Gasteiger partial charge in [-0.25, -0.2) is 13.8 Å². The molecular weight excluding hydrogens is 425 g/mol. The highest BCUT2D eigenvalue weighted by Crippen LogP contribution is 2.49. The van der Waals surface area contributed by atoms with Gasteiger partial charge in [0.25, 0.3) is 5.92 Å². The highest BCUT2D eigenvalue weighted by Gasteiger charge is 2.55. The molecule has 4 rings (SSSR count). The standard InChI is InChI=1S/C20H18Cl2F2N2OS/c1-19(23,24)20(13-7-14(21)9-15(22)8-13)5-6-26(11-20)18-25-16-4-2-3-12(10-27)17(16)28-18/h2-4,7-9,27H,5-6,10-11H2,1H3. The first kappa shape index (κ1) is 19.8. The van der Waals surface area contributed by atoms with E-state index in [0.29, 0.717) is 27.3 Å². The first-order valence-corrected chi connectivity index (χ1v) is 10.4. The second-order valence-corrected chi connectivity index (χ2v) is 9.07. The number of anilines is 1. The summed E-state index contributed by atoms with van der Waals surface area (Å²) in [6.07, 6.45) is 0.260. The summed E-state index contributed by atoms with van der Waals surface area (Å²) in [4.78, 5) is 6.50. The van der Waals surface area contributed by atoms with Gasteiger partial charge < -0.3 is 10.0 Å². The second kappa shape index (κ2) is 7.10. The van der Waals surface area contributed by atoms with Gasteiger partial charge in [0.05, 0.1) is 22.2 Å². The van der Waals surface area contributed by atoms with E-state index in [1.54, 1.807) is 18.2 Å². The van der Waals surface area contributed by atoms with Gasteiger partial charge in [-0.05, 0) is 41.8 Å². The summed E-state index contributed by atoms with van der Waals surface area (Å²) >= 11 is 13.6. The normalized spacial score (nSPS) is 20.3. The van der Waals surface area contributed by atoms with Gasteiger partial charge >= 0.3 is 0 Å². The molecule has 148 valence electrons. The van der Waals surface area contributed by atoms with Gasteiger partial charge in [0, 0.05) is 30.1 Å². The van der Waals surface area contributed by atoms with Crippen LogP contribution >= 0.6 is 34.5 Å². The molecule has 3 aromatic rings. The van der Waals surface area contributed by atoms with Crippen molar-refractivity contribution in [3.05, 3.63) is 57.6 Å². The van der Waals surface area contributed by atoms with Crippen molar-refractivity contribution in [3.8, 4) is 0 Å². The summed E-state index contributed by atoms with van der Waals surface area (Å²) in [6, 6.07) is 10.2. The minimum Gasteiger partial charge on any atom is -0.392 e. The third-order valence-corrected chi connectivity index (χ3v) is 7.09. The van der Waals surface area contributed by atoms with Gasteiger partial charge in [-0.2, -0.15) is 0 Å². The third kappa shape index (κ3) is 3.26. The number of aromatic nitrogens is 1. The van der Waals surface area contributed by atoms with E-state index in [-0.39, 0.29) is 19.6 Å². The predicted molar refractivity (Wildman–Crippen MR) is 111 cm³/mol. The lowest BCUT2D eigenvalue weighted by Gasteiger charge is -2.35. The maximum absolute atomic E-state index is 14.9. The van der Waals surface area contributed by atoms with Crippen molar-refractivity contribution in [2.75, 3.05) is 18.0 Å². The zero-order chi connectivity index (χ0) is 20.1. The molecule has 0 aliphatic carbocycles. The van der Waals surface area contributed by atoms with Crippen LogP contribution in [0.5, 0.6) is 0 Å². The van der Waals surface area contributed by atoms with Gasteiger partial charge in [0.1, 0.15) is 0 Å². The lowest BCUT2D eigenvalue weighted by molar-refractivity contribution is -0.0533. The monoisotopic (exact) mass is 442 g/mol. The molecule has 3 nitrogen and oxygen atoms in total. The molecule has 1 unspecified atom stereocenters. The Bertz CT molecular complexity index is 1020. The number of alkyl halides is 2. The Morgan fingerprint density at radius 3 is 2.61 bits per heavy atom. The van der Waals surface area contributed by atoms with E-state index in [0.717, 1.165) is 22.7 Å². The van der Waals surface area contributed by atoms with E-state index in [9.17, 15) is 13.9 Å². The lowest BCUT2D eigenvalue weighted by Crippen LogP contribution is -2.45. The van der Waals surface area contributed by atoms with Crippen LogP contribution < -0.4 is 4.90 Å².